The number of ether oxygens (including phenoxy) is 1. The van der Waals surface area contributed by atoms with Crippen molar-refractivity contribution in [3.63, 3.8) is 0 Å². The van der Waals surface area contributed by atoms with Gasteiger partial charge in [-0.05, 0) is 42.0 Å². The quantitative estimate of drug-likeness (QED) is 0.368. The van der Waals surface area contributed by atoms with E-state index in [9.17, 15) is 9.59 Å². The predicted molar refractivity (Wildman–Crippen MR) is 113 cm³/mol. The SMILES string of the molecule is O=C(N/N=C/c1ccccc1OCc1ccc(Cl)cc1)C(=O)Nc1ccccc1. The third kappa shape index (κ3) is 6.19. The van der Waals surface area contributed by atoms with Crippen LogP contribution in [0.15, 0.2) is 84.0 Å². The number of hydrogen-bond donors (Lipinski definition) is 2. The van der Waals surface area contributed by atoms with Crippen molar-refractivity contribution in [3.8, 4) is 5.75 Å². The van der Waals surface area contributed by atoms with Crippen LogP contribution in [0, 0.1) is 0 Å². The molecular weight excluding hydrogens is 390 g/mol. The van der Waals surface area contributed by atoms with Crippen LogP contribution in [0.5, 0.6) is 5.75 Å². The highest BCUT2D eigenvalue weighted by Crippen LogP contribution is 2.18. The van der Waals surface area contributed by atoms with E-state index in [0.717, 1.165) is 5.56 Å². The van der Waals surface area contributed by atoms with Gasteiger partial charge in [-0.25, -0.2) is 5.43 Å². The molecule has 0 aromatic heterocycles. The van der Waals surface area contributed by atoms with E-state index < -0.39 is 11.8 Å². The second-order valence-corrected chi connectivity index (χ2v) is 6.41. The molecule has 3 aromatic rings. The van der Waals surface area contributed by atoms with E-state index in [2.05, 4.69) is 15.8 Å². The standard InChI is InChI=1S/C22H18ClN3O3/c23-18-12-10-16(11-13-18)15-29-20-9-5-4-6-17(20)14-24-26-22(28)21(27)25-19-7-2-1-3-8-19/h1-14H,15H2,(H,25,27)(H,26,28)/b24-14+. The monoisotopic (exact) mass is 407 g/mol. The molecule has 0 bridgehead atoms. The van der Waals surface area contributed by atoms with Crippen LogP contribution >= 0.6 is 11.6 Å². The molecule has 6 nitrogen and oxygen atoms in total. The lowest BCUT2D eigenvalue weighted by molar-refractivity contribution is -0.136. The number of nitrogens with zero attached hydrogens (tertiary/aromatic N) is 1. The number of nitrogens with one attached hydrogen (secondary N) is 2. The fraction of sp³-hybridized carbons (Fsp3) is 0.0455. The van der Waals surface area contributed by atoms with E-state index >= 15 is 0 Å². The Morgan fingerprint density at radius 1 is 0.897 bits per heavy atom. The van der Waals surface area contributed by atoms with Crippen molar-refractivity contribution < 1.29 is 14.3 Å². The minimum Gasteiger partial charge on any atom is -0.488 e. The lowest BCUT2D eigenvalue weighted by Crippen LogP contribution is -2.32. The second kappa shape index (κ2) is 10.1. The van der Waals surface area contributed by atoms with Crippen LogP contribution in [0.3, 0.4) is 0 Å². The van der Waals surface area contributed by atoms with Gasteiger partial charge in [0.15, 0.2) is 0 Å². The summed E-state index contributed by atoms with van der Waals surface area (Å²) < 4.78 is 5.82. The fourth-order valence-electron chi connectivity index (χ4n) is 2.38. The molecule has 0 radical (unpaired) electrons. The number of carbonyl (C=O) groups excluding carboxylic acids is 2. The Morgan fingerprint density at radius 2 is 1.59 bits per heavy atom. The molecule has 0 aliphatic carbocycles. The Balaban J connectivity index is 1.56. The molecule has 0 saturated carbocycles. The Labute approximate surface area is 173 Å². The van der Waals surface area contributed by atoms with Crippen LogP contribution in [0.2, 0.25) is 5.02 Å². The molecule has 0 atom stereocenters. The van der Waals surface area contributed by atoms with Crippen LogP contribution < -0.4 is 15.5 Å². The summed E-state index contributed by atoms with van der Waals surface area (Å²) in [5, 5.41) is 6.99. The van der Waals surface area contributed by atoms with E-state index in [1.807, 2.05) is 30.3 Å². The number of halogens is 1. The van der Waals surface area contributed by atoms with Gasteiger partial charge in [-0.3, -0.25) is 9.59 Å². The zero-order valence-corrected chi connectivity index (χ0v) is 16.1. The highest BCUT2D eigenvalue weighted by molar-refractivity contribution is 6.39. The number of carbonyl (C=O) groups is 2. The van der Waals surface area contributed by atoms with Gasteiger partial charge < -0.3 is 10.1 Å². The summed E-state index contributed by atoms with van der Waals surface area (Å²) in [6.45, 7) is 0.355. The van der Waals surface area contributed by atoms with E-state index in [-0.39, 0.29) is 0 Å². The molecule has 0 aliphatic rings. The summed E-state index contributed by atoms with van der Waals surface area (Å²) in [7, 11) is 0. The first kappa shape index (κ1) is 20.1. The van der Waals surface area contributed by atoms with E-state index in [1.54, 1.807) is 48.5 Å². The van der Waals surface area contributed by atoms with E-state index in [4.69, 9.17) is 16.3 Å². The third-order valence-electron chi connectivity index (χ3n) is 3.83. The van der Waals surface area contributed by atoms with Crippen LogP contribution in [0.4, 0.5) is 5.69 Å². The Bertz CT molecular complexity index is 1010. The largest absolute Gasteiger partial charge is 0.488 e. The first-order valence-corrected chi connectivity index (χ1v) is 9.15. The molecule has 0 aliphatic heterocycles. The normalized spacial score (nSPS) is 10.5. The van der Waals surface area contributed by atoms with Crippen LogP contribution in [-0.4, -0.2) is 18.0 Å². The number of anilines is 1. The zero-order chi connectivity index (χ0) is 20.5. The molecule has 2 N–H and O–H groups in total. The summed E-state index contributed by atoms with van der Waals surface area (Å²) in [6, 6.07) is 23.3. The number of para-hydroxylation sites is 2. The molecule has 0 saturated heterocycles. The maximum absolute atomic E-state index is 11.9. The summed E-state index contributed by atoms with van der Waals surface area (Å²) in [5.74, 6) is -1.08. The molecule has 0 fully saturated rings. The van der Waals surface area contributed by atoms with Gasteiger partial charge in [-0.2, -0.15) is 5.10 Å². The average molecular weight is 408 g/mol. The lowest BCUT2D eigenvalue weighted by atomic mass is 10.2. The minimum absolute atomic E-state index is 0.355. The molecule has 3 rings (SSSR count). The van der Waals surface area contributed by atoms with Crippen molar-refractivity contribution in [3.05, 3.63) is 95.0 Å². The van der Waals surface area contributed by atoms with Gasteiger partial charge in [-0.15, -0.1) is 0 Å². The number of hydrazone groups is 1. The molecule has 7 heteroatoms. The summed E-state index contributed by atoms with van der Waals surface area (Å²) in [6.07, 6.45) is 1.42. The minimum atomic E-state index is -0.871. The zero-order valence-electron chi connectivity index (χ0n) is 15.3. The van der Waals surface area contributed by atoms with Crippen molar-refractivity contribution >= 4 is 35.3 Å². The molecular formula is C22H18ClN3O3. The third-order valence-corrected chi connectivity index (χ3v) is 4.09. The summed E-state index contributed by atoms with van der Waals surface area (Å²) >= 11 is 5.88. The maximum atomic E-state index is 11.9. The van der Waals surface area contributed by atoms with E-state index in [1.165, 1.54) is 6.21 Å². The van der Waals surface area contributed by atoms with Gasteiger partial charge in [0.1, 0.15) is 12.4 Å². The van der Waals surface area contributed by atoms with Crippen molar-refractivity contribution in [2.24, 2.45) is 5.10 Å². The fourth-order valence-corrected chi connectivity index (χ4v) is 2.51. The highest BCUT2D eigenvalue weighted by Gasteiger charge is 2.12. The van der Waals surface area contributed by atoms with Crippen LogP contribution in [0.1, 0.15) is 11.1 Å². The van der Waals surface area contributed by atoms with E-state index in [0.29, 0.717) is 28.6 Å². The van der Waals surface area contributed by atoms with Crippen LogP contribution in [-0.2, 0) is 16.2 Å². The Kier molecular flexibility index (Phi) is 6.97. The molecule has 146 valence electrons. The number of benzene rings is 3. The topological polar surface area (TPSA) is 79.8 Å². The number of amides is 2. The van der Waals surface area contributed by atoms with Gasteiger partial charge in [0.05, 0.1) is 6.21 Å². The van der Waals surface area contributed by atoms with Crippen molar-refractivity contribution in [1.29, 1.82) is 0 Å². The Morgan fingerprint density at radius 3 is 2.34 bits per heavy atom. The maximum Gasteiger partial charge on any atom is 0.329 e. The second-order valence-electron chi connectivity index (χ2n) is 5.97. The molecule has 0 heterocycles. The van der Waals surface area contributed by atoms with Crippen molar-refractivity contribution in [1.82, 2.24) is 5.43 Å². The summed E-state index contributed by atoms with van der Waals surface area (Å²) in [5.41, 5.74) is 4.35. The molecule has 29 heavy (non-hydrogen) atoms. The molecule has 0 unspecified atom stereocenters. The highest BCUT2D eigenvalue weighted by atomic mass is 35.5. The molecule has 2 amide bonds. The first-order valence-electron chi connectivity index (χ1n) is 8.77. The van der Waals surface area contributed by atoms with Crippen molar-refractivity contribution in [2.45, 2.75) is 6.61 Å². The van der Waals surface area contributed by atoms with Gasteiger partial charge in [-0.1, -0.05) is 54.1 Å². The molecule has 0 spiro atoms. The van der Waals surface area contributed by atoms with Gasteiger partial charge in [0.2, 0.25) is 0 Å². The van der Waals surface area contributed by atoms with Gasteiger partial charge in [0, 0.05) is 16.3 Å². The first-order chi connectivity index (χ1) is 14.1. The Hall–Kier alpha value is -3.64. The van der Waals surface area contributed by atoms with Crippen molar-refractivity contribution in [2.75, 3.05) is 5.32 Å². The number of rotatable bonds is 6. The van der Waals surface area contributed by atoms with Crippen LogP contribution in [0.25, 0.3) is 0 Å². The van der Waals surface area contributed by atoms with Gasteiger partial charge in [0.25, 0.3) is 0 Å². The predicted octanol–water partition coefficient (Wildman–Crippen LogP) is 4.01. The lowest BCUT2D eigenvalue weighted by Gasteiger charge is -2.09. The summed E-state index contributed by atoms with van der Waals surface area (Å²) in [4.78, 5) is 23.8. The number of hydrogen-bond acceptors (Lipinski definition) is 4. The molecule has 3 aromatic carbocycles. The average Bonchev–Trinajstić information content (AvgIpc) is 2.75. The van der Waals surface area contributed by atoms with Gasteiger partial charge >= 0.3 is 11.8 Å². The smallest absolute Gasteiger partial charge is 0.329 e.